The molecular formula is C13H18Cl2N2O. The van der Waals surface area contributed by atoms with Gasteiger partial charge in [0, 0.05) is 20.6 Å². The van der Waals surface area contributed by atoms with Gasteiger partial charge in [0.1, 0.15) is 0 Å². The topological polar surface area (TPSA) is 23.6 Å². The number of rotatable bonds is 4. The van der Waals surface area contributed by atoms with E-state index >= 15 is 0 Å². The van der Waals surface area contributed by atoms with Gasteiger partial charge in [-0.15, -0.1) is 0 Å². The zero-order valence-corrected chi connectivity index (χ0v) is 12.6. The van der Waals surface area contributed by atoms with E-state index in [2.05, 4.69) is 0 Å². The molecule has 1 unspecified atom stereocenters. The number of carbonyl (C=O) groups is 1. The van der Waals surface area contributed by atoms with Crippen LogP contribution >= 0.6 is 23.2 Å². The maximum absolute atomic E-state index is 11.8. The monoisotopic (exact) mass is 288 g/mol. The number of hydrogen-bond acceptors (Lipinski definition) is 2. The van der Waals surface area contributed by atoms with Crippen LogP contribution in [0.1, 0.15) is 12.5 Å². The Morgan fingerprint density at radius 1 is 1.22 bits per heavy atom. The van der Waals surface area contributed by atoms with E-state index in [0.29, 0.717) is 16.6 Å². The zero-order valence-electron chi connectivity index (χ0n) is 11.1. The lowest BCUT2D eigenvalue weighted by molar-refractivity contribution is -0.133. The Morgan fingerprint density at radius 2 is 1.83 bits per heavy atom. The summed E-state index contributed by atoms with van der Waals surface area (Å²) in [6.45, 7) is 2.54. The summed E-state index contributed by atoms with van der Waals surface area (Å²) in [4.78, 5) is 15.4. The van der Waals surface area contributed by atoms with E-state index in [4.69, 9.17) is 23.2 Å². The molecular weight excluding hydrogens is 271 g/mol. The zero-order chi connectivity index (χ0) is 13.9. The quantitative estimate of drug-likeness (QED) is 0.851. The van der Waals surface area contributed by atoms with Crippen LogP contribution in [0, 0.1) is 0 Å². The average molecular weight is 289 g/mol. The first-order chi connectivity index (χ1) is 8.32. The number of halogens is 2. The molecule has 0 aliphatic carbocycles. The maximum atomic E-state index is 11.8. The molecule has 1 aromatic rings. The second-order valence-electron chi connectivity index (χ2n) is 4.57. The lowest BCUT2D eigenvalue weighted by atomic mass is 10.2. The summed E-state index contributed by atoms with van der Waals surface area (Å²) >= 11 is 11.8. The van der Waals surface area contributed by atoms with Crippen LogP contribution in [-0.2, 0) is 11.3 Å². The van der Waals surface area contributed by atoms with Crippen LogP contribution in [0.4, 0.5) is 0 Å². The first kappa shape index (κ1) is 15.3. The highest BCUT2D eigenvalue weighted by Gasteiger charge is 2.19. The highest BCUT2D eigenvalue weighted by atomic mass is 35.5. The van der Waals surface area contributed by atoms with Gasteiger partial charge >= 0.3 is 0 Å². The normalized spacial score (nSPS) is 12.6. The minimum atomic E-state index is -0.172. The highest BCUT2D eigenvalue weighted by Crippen LogP contribution is 2.23. The molecule has 0 fully saturated rings. The van der Waals surface area contributed by atoms with Crippen LogP contribution in [0.2, 0.25) is 10.0 Å². The molecule has 0 heterocycles. The van der Waals surface area contributed by atoms with Crippen molar-refractivity contribution in [2.24, 2.45) is 0 Å². The Labute approximate surface area is 118 Å². The lowest BCUT2D eigenvalue weighted by Crippen LogP contribution is -2.42. The number of nitrogens with zero attached hydrogens (tertiary/aromatic N) is 2. The molecule has 1 rings (SSSR count). The van der Waals surface area contributed by atoms with Crippen LogP contribution in [0.3, 0.4) is 0 Å². The fourth-order valence-corrected chi connectivity index (χ4v) is 1.95. The molecule has 1 aromatic carbocycles. The molecule has 3 nitrogen and oxygen atoms in total. The summed E-state index contributed by atoms with van der Waals surface area (Å²) in [5, 5.41) is 1.08. The molecule has 0 aliphatic heterocycles. The minimum absolute atomic E-state index is 0.0811. The lowest BCUT2D eigenvalue weighted by Gasteiger charge is -2.26. The molecule has 5 heteroatoms. The van der Waals surface area contributed by atoms with Crippen LogP contribution in [0.15, 0.2) is 18.2 Å². The third kappa shape index (κ3) is 3.87. The second-order valence-corrected chi connectivity index (χ2v) is 5.39. The van der Waals surface area contributed by atoms with Crippen molar-refractivity contribution in [3.63, 3.8) is 0 Å². The molecule has 0 aromatic heterocycles. The van der Waals surface area contributed by atoms with Crippen molar-refractivity contribution < 1.29 is 4.79 Å². The Morgan fingerprint density at radius 3 is 2.33 bits per heavy atom. The molecule has 1 atom stereocenters. The molecule has 1 amide bonds. The van der Waals surface area contributed by atoms with Crippen molar-refractivity contribution in [2.45, 2.75) is 19.5 Å². The Kier molecular flexibility index (Phi) is 5.45. The Hall–Kier alpha value is -0.770. The van der Waals surface area contributed by atoms with Gasteiger partial charge in [-0.25, -0.2) is 0 Å². The summed E-state index contributed by atoms with van der Waals surface area (Å²) < 4.78 is 0. The first-order valence-electron chi connectivity index (χ1n) is 5.68. The van der Waals surface area contributed by atoms with E-state index in [1.54, 1.807) is 25.1 Å². The SMILES string of the molecule is CC(C(=O)N(C)C)N(C)Cc1ccc(Cl)c(Cl)c1. The minimum Gasteiger partial charge on any atom is -0.347 e. The predicted molar refractivity (Wildman–Crippen MR) is 76.1 cm³/mol. The number of hydrogen-bond donors (Lipinski definition) is 0. The van der Waals surface area contributed by atoms with Crippen molar-refractivity contribution in [1.82, 2.24) is 9.80 Å². The molecule has 0 aliphatic rings. The Bertz CT molecular complexity index is 435. The van der Waals surface area contributed by atoms with Gasteiger partial charge in [0.25, 0.3) is 0 Å². The van der Waals surface area contributed by atoms with Gasteiger partial charge in [0.2, 0.25) is 5.91 Å². The summed E-state index contributed by atoms with van der Waals surface area (Å²) in [6, 6.07) is 5.34. The van der Waals surface area contributed by atoms with Crippen LogP contribution < -0.4 is 0 Å². The van der Waals surface area contributed by atoms with Gasteiger partial charge in [-0.2, -0.15) is 0 Å². The van der Waals surface area contributed by atoms with E-state index < -0.39 is 0 Å². The maximum Gasteiger partial charge on any atom is 0.239 e. The molecule has 0 N–H and O–H groups in total. The van der Waals surface area contributed by atoms with Gasteiger partial charge in [-0.05, 0) is 31.7 Å². The average Bonchev–Trinajstić information content (AvgIpc) is 2.31. The Balaban J connectivity index is 2.72. The molecule has 0 bridgehead atoms. The summed E-state index contributed by atoms with van der Waals surface area (Å²) in [7, 11) is 5.42. The van der Waals surface area contributed by atoms with Crippen molar-refractivity contribution in [2.75, 3.05) is 21.1 Å². The molecule has 0 radical (unpaired) electrons. The van der Waals surface area contributed by atoms with Crippen molar-refractivity contribution in [3.05, 3.63) is 33.8 Å². The van der Waals surface area contributed by atoms with Crippen LogP contribution in [0.5, 0.6) is 0 Å². The fourth-order valence-electron chi connectivity index (χ4n) is 1.63. The summed E-state index contributed by atoms with van der Waals surface area (Å²) in [5.74, 6) is 0.0811. The van der Waals surface area contributed by atoms with E-state index in [-0.39, 0.29) is 11.9 Å². The fraction of sp³-hybridized carbons (Fsp3) is 0.462. The number of amides is 1. The largest absolute Gasteiger partial charge is 0.347 e. The third-order valence-electron chi connectivity index (χ3n) is 2.88. The number of benzene rings is 1. The van der Waals surface area contributed by atoms with Crippen molar-refractivity contribution in [1.29, 1.82) is 0 Å². The second kappa shape index (κ2) is 6.41. The van der Waals surface area contributed by atoms with E-state index in [0.717, 1.165) is 5.56 Å². The van der Waals surface area contributed by atoms with Gasteiger partial charge in [0.05, 0.1) is 16.1 Å². The predicted octanol–water partition coefficient (Wildman–Crippen LogP) is 2.90. The van der Waals surface area contributed by atoms with Crippen LogP contribution in [-0.4, -0.2) is 42.9 Å². The van der Waals surface area contributed by atoms with Crippen molar-refractivity contribution >= 4 is 29.1 Å². The first-order valence-corrected chi connectivity index (χ1v) is 6.44. The van der Waals surface area contributed by atoms with E-state index in [1.165, 1.54) is 0 Å². The molecule has 0 saturated carbocycles. The van der Waals surface area contributed by atoms with E-state index in [1.807, 2.05) is 31.0 Å². The van der Waals surface area contributed by atoms with E-state index in [9.17, 15) is 4.79 Å². The molecule has 18 heavy (non-hydrogen) atoms. The third-order valence-corrected chi connectivity index (χ3v) is 3.61. The highest BCUT2D eigenvalue weighted by molar-refractivity contribution is 6.42. The van der Waals surface area contributed by atoms with Crippen LogP contribution in [0.25, 0.3) is 0 Å². The molecule has 100 valence electrons. The summed E-state index contributed by atoms with van der Waals surface area (Å²) in [5.41, 5.74) is 1.03. The molecule has 0 spiro atoms. The standard InChI is InChI=1S/C13H18Cl2N2O/c1-9(13(18)16(2)3)17(4)8-10-5-6-11(14)12(15)7-10/h5-7,9H,8H2,1-4H3. The van der Waals surface area contributed by atoms with Gasteiger partial charge < -0.3 is 4.90 Å². The van der Waals surface area contributed by atoms with Gasteiger partial charge in [-0.1, -0.05) is 29.3 Å². The smallest absolute Gasteiger partial charge is 0.239 e. The van der Waals surface area contributed by atoms with Gasteiger partial charge in [-0.3, -0.25) is 9.69 Å². The number of likely N-dealkylation sites (N-methyl/N-ethyl adjacent to an activating group) is 2. The molecule has 0 saturated heterocycles. The van der Waals surface area contributed by atoms with Crippen molar-refractivity contribution in [3.8, 4) is 0 Å². The number of carbonyl (C=O) groups excluding carboxylic acids is 1. The summed E-state index contributed by atoms with van der Waals surface area (Å²) in [6.07, 6.45) is 0. The van der Waals surface area contributed by atoms with Gasteiger partial charge in [0.15, 0.2) is 0 Å².